The summed E-state index contributed by atoms with van der Waals surface area (Å²) in [6.45, 7) is 1.38. The van der Waals surface area contributed by atoms with Crippen LogP contribution in [0, 0.1) is 12.3 Å². The molecule has 0 saturated carbocycles. The van der Waals surface area contributed by atoms with E-state index in [1.54, 1.807) is 0 Å². The first-order chi connectivity index (χ1) is 7.54. The van der Waals surface area contributed by atoms with Crippen LogP contribution in [0.3, 0.4) is 0 Å². The molecule has 0 amide bonds. The van der Waals surface area contributed by atoms with Gasteiger partial charge in [0, 0.05) is 10.9 Å². The van der Waals surface area contributed by atoms with Crippen LogP contribution in [-0.4, -0.2) is 0 Å². The van der Waals surface area contributed by atoms with Crippen molar-refractivity contribution in [3.05, 3.63) is 52.4 Å². The summed E-state index contributed by atoms with van der Waals surface area (Å²) >= 11 is 5.70. The maximum absolute atomic E-state index is 11.4. The average Bonchev–Trinajstić information content (AvgIpc) is 2.28. The van der Waals surface area contributed by atoms with Crippen molar-refractivity contribution in [3.8, 4) is 0 Å². The van der Waals surface area contributed by atoms with Crippen LogP contribution < -0.4 is 21.6 Å². The predicted octanol–water partition coefficient (Wildman–Crippen LogP) is -0.250. The van der Waals surface area contributed by atoms with Crippen LogP contribution in [0.5, 0.6) is 0 Å². The smallest absolute Gasteiger partial charge is 0.339 e. The van der Waals surface area contributed by atoms with Crippen LogP contribution in [0.4, 0.5) is 0 Å². The first-order valence-electron chi connectivity index (χ1n) is 3.84. The van der Waals surface area contributed by atoms with Gasteiger partial charge < -0.3 is 10.6 Å². The molecule has 16 heavy (non-hydrogen) atoms. The lowest BCUT2D eigenvalue weighted by atomic mass is 10.2. The molecule has 80 valence electrons. The van der Waals surface area contributed by atoms with Crippen LogP contribution >= 0.6 is 11.6 Å². The molecule has 0 aliphatic rings. The molecule has 0 aromatic heterocycles. The molecule has 0 saturated heterocycles. The van der Waals surface area contributed by atoms with Crippen molar-refractivity contribution in [1.82, 2.24) is 0 Å². The van der Waals surface area contributed by atoms with Gasteiger partial charge in [0.05, 0.1) is 5.02 Å². The average molecular weight is 239 g/mol. The molecule has 0 fully saturated rings. The first-order valence-corrected chi connectivity index (χ1v) is 4.22. The van der Waals surface area contributed by atoms with Gasteiger partial charge in [-0.15, -0.1) is 0 Å². The Bertz CT molecular complexity index is 707. The van der Waals surface area contributed by atoms with Gasteiger partial charge in [0.15, 0.2) is 5.10 Å². The van der Waals surface area contributed by atoms with E-state index in [1.807, 2.05) is 0 Å². The summed E-state index contributed by atoms with van der Waals surface area (Å²) in [5, 5.41) is 18.1. The van der Waals surface area contributed by atoms with Crippen LogP contribution in [0.1, 0.15) is 5.56 Å². The number of halogens is 1. The standard InChI is InChI=1S/C7H3ClN6O2/c1-2-3(8)5(12-14-10)7(16)6(15)4(2)11-13-9/h1H3. The van der Waals surface area contributed by atoms with Gasteiger partial charge in [-0.1, -0.05) is 11.6 Å². The summed E-state index contributed by atoms with van der Waals surface area (Å²) in [6, 6.07) is 0. The number of nitrogens with zero attached hydrogens (tertiary/aromatic N) is 6. The minimum atomic E-state index is -1.09. The molecule has 1 rings (SSSR count). The summed E-state index contributed by atoms with van der Waals surface area (Å²) in [5.74, 6) is 0. The highest BCUT2D eigenvalue weighted by atomic mass is 35.5. The van der Waals surface area contributed by atoms with Gasteiger partial charge in [-0.25, -0.2) is 0 Å². The second kappa shape index (κ2) is 4.50. The van der Waals surface area contributed by atoms with E-state index in [0.29, 0.717) is 0 Å². The van der Waals surface area contributed by atoms with E-state index in [4.69, 9.17) is 22.5 Å². The summed E-state index contributed by atoms with van der Waals surface area (Å²) in [5.41, 5.74) is 6.18. The minimum Gasteiger partial charge on any atom is -0.362 e. The number of hydrogen-bond acceptors (Lipinski definition) is 5. The molecule has 0 bridgehead atoms. The molecule has 0 aliphatic heterocycles. The molecular formula is C7H3ClN6O2. The Morgan fingerprint density at radius 3 is 2.38 bits per heavy atom. The van der Waals surface area contributed by atoms with Gasteiger partial charge in [-0.05, 0) is 6.92 Å². The molecule has 9 heteroatoms. The monoisotopic (exact) mass is 238 g/mol. The lowest BCUT2D eigenvalue weighted by Gasteiger charge is -1.96. The van der Waals surface area contributed by atoms with E-state index >= 15 is 0 Å². The van der Waals surface area contributed by atoms with E-state index in [0.717, 1.165) is 0 Å². The van der Waals surface area contributed by atoms with Crippen molar-refractivity contribution in [3.63, 3.8) is 0 Å². The second-order valence-corrected chi connectivity index (χ2v) is 3.05. The quantitative estimate of drug-likeness (QED) is 0.290. The van der Waals surface area contributed by atoms with Crippen molar-refractivity contribution in [2.75, 3.05) is 0 Å². The number of rotatable bonds is 1. The Morgan fingerprint density at radius 2 is 1.88 bits per heavy atom. The van der Waals surface area contributed by atoms with Gasteiger partial charge in [0.1, 0.15) is 0 Å². The number of hydrogen-bond donors (Lipinski definition) is 0. The molecule has 0 N–H and O–H groups in total. The third-order valence-corrected chi connectivity index (χ3v) is 2.28. The van der Waals surface area contributed by atoms with Crippen LogP contribution in [-0.2, 0) is 0 Å². The Morgan fingerprint density at radius 1 is 1.31 bits per heavy atom. The maximum atomic E-state index is 11.4. The zero-order valence-electron chi connectivity index (χ0n) is 7.88. The Labute approximate surface area is 92.4 Å². The summed E-state index contributed by atoms with van der Waals surface area (Å²) < 4.78 is 0. The minimum absolute atomic E-state index is 0.103. The predicted molar refractivity (Wildman–Crippen MR) is 53.1 cm³/mol. The van der Waals surface area contributed by atoms with E-state index in [2.05, 4.69) is 20.5 Å². The molecule has 1 aromatic rings. The van der Waals surface area contributed by atoms with Crippen molar-refractivity contribution < 1.29 is 0 Å². The van der Waals surface area contributed by atoms with E-state index in [-0.39, 0.29) is 15.9 Å². The fraction of sp³-hybridized carbons (Fsp3) is 0.143. The van der Waals surface area contributed by atoms with Crippen LogP contribution in [0.25, 0.3) is 10.6 Å². The molecular weight excluding hydrogens is 236 g/mol. The van der Waals surface area contributed by atoms with Gasteiger partial charge in [-0.3, -0.25) is 14.8 Å². The molecule has 0 radical (unpaired) electrons. The second-order valence-electron chi connectivity index (χ2n) is 2.67. The van der Waals surface area contributed by atoms with Gasteiger partial charge >= 0.3 is 5.08 Å². The highest BCUT2D eigenvalue weighted by Gasteiger charge is 2.11. The van der Waals surface area contributed by atoms with Gasteiger partial charge in [0.2, 0.25) is 10.8 Å². The fourth-order valence-corrected chi connectivity index (χ4v) is 1.28. The normalized spacial score (nSPS) is 12.6. The third-order valence-electron chi connectivity index (χ3n) is 1.82. The molecule has 1 aromatic carbocycles. The van der Waals surface area contributed by atoms with Crippen molar-refractivity contribution in [2.24, 2.45) is 15.4 Å². The molecule has 0 spiro atoms. The van der Waals surface area contributed by atoms with Crippen molar-refractivity contribution in [1.29, 1.82) is 5.39 Å². The lowest BCUT2D eigenvalue weighted by molar-refractivity contribution is 1.06. The first kappa shape index (κ1) is 11.8. The number of diazo groups is 1. The maximum Gasteiger partial charge on any atom is 0.339 e. The SMILES string of the molecule is Cc1c(Cl)c(=NN=[N-])c(=O)c(=O)c1=N[N+]#N. The molecule has 0 atom stereocenters. The largest absolute Gasteiger partial charge is 0.362 e. The van der Waals surface area contributed by atoms with Crippen molar-refractivity contribution >= 4 is 11.6 Å². The Balaban J connectivity index is 4.12. The third kappa shape index (κ3) is 1.76. The molecule has 0 unspecified atom stereocenters. The topological polar surface area (TPSA) is 122 Å². The molecule has 0 aliphatic carbocycles. The van der Waals surface area contributed by atoms with Gasteiger partial charge in [0.25, 0.3) is 10.8 Å². The van der Waals surface area contributed by atoms with E-state index in [1.165, 1.54) is 6.92 Å². The Kier molecular flexibility index (Phi) is 3.32. The fourth-order valence-electron chi connectivity index (χ4n) is 1.07. The summed E-state index contributed by atoms with van der Waals surface area (Å²) in [4.78, 5) is 22.8. The zero-order valence-corrected chi connectivity index (χ0v) is 8.63. The Hall–Kier alpha value is -2.27. The molecule has 8 nitrogen and oxygen atoms in total. The lowest BCUT2D eigenvalue weighted by Crippen LogP contribution is -2.48. The van der Waals surface area contributed by atoms with Crippen LogP contribution in [0.15, 0.2) is 25.0 Å². The molecule has 0 heterocycles. The van der Waals surface area contributed by atoms with Gasteiger partial charge in [-0.2, -0.15) is 0 Å². The van der Waals surface area contributed by atoms with Crippen LogP contribution in [0.2, 0.25) is 5.02 Å². The highest BCUT2D eigenvalue weighted by molar-refractivity contribution is 6.31. The van der Waals surface area contributed by atoms with E-state index in [9.17, 15) is 9.59 Å². The highest BCUT2D eigenvalue weighted by Crippen LogP contribution is 2.01. The summed E-state index contributed by atoms with van der Waals surface area (Å²) in [6.07, 6.45) is 0. The number of benzene rings is 1. The summed E-state index contributed by atoms with van der Waals surface area (Å²) in [7, 11) is 0. The zero-order chi connectivity index (χ0) is 12.3. The van der Waals surface area contributed by atoms with Crippen molar-refractivity contribution in [2.45, 2.75) is 6.92 Å². The van der Waals surface area contributed by atoms with E-state index < -0.39 is 16.2 Å².